The van der Waals surface area contributed by atoms with Crippen LogP contribution in [0.1, 0.15) is 24.1 Å². The third-order valence-corrected chi connectivity index (χ3v) is 2.60. The van der Waals surface area contributed by atoms with E-state index in [1.165, 1.54) is 6.92 Å². The predicted octanol–water partition coefficient (Wildman–Crippen LogP) is 3.04. The second-order valence-corrected chi connectivity index (χ2v) is 4.06. The number of carbonyl (C=O) groups excluding carboxylic acids is 1. The highest BCUT2D eigenvalue weighted by Gasteiger charge is 2.49. The van der Waals surface area contributed by atoms with Crippen LogP contribution in [0.3, 0.4) is 0 Å². The quantitative estimate of drug-likeness (QED) is 0.686. The van der Waals surface area contributed by atoms with E-state index in [4.69, 9.17) is 5.73 Å². The first-order valence-corrected chi connectivity index (χ1v) is 5.69. The van der Waals surface area contributed by atoms with Gasteiger partial charge in [-0.3, -0.25) is 0 Å². The number of hydrogen-bond donors (Lipinski definition) is 1. The molecule has 118 valence electrons. The van der Waals surface area contributed by atoms with E-state index in [1.807, 2.05) is 0 Å². The van der Waals surface area contributed by atoms with Gasteiger partial charge in [-0.25, -0.2) is 9.18 Å². The van der Waals surface area contributed by atoms with Crippen molar-refractivity contribution in [2.45, 2.75) is 25.1 Å². The molecule has 1 aromatic carbocycles. The lowest BCUT2D eigenvalue weighted by Gasteiger charge is -2.23. The van der Waals surface area contributed by atoms with Crippen LogP contribution in [0.15, 0.2) is 18.2 Å². The Kier molecular flexibility index (Phi) is 4.87. The van der Waals surface area contributed by atoms with E-state index in [0.29, 0.717) is 12.1 Å². The van der Waals surface area contributed by atoms with Crippen LogP contribution >= 0.6 is 0 Å². The van der Waals surface area contributed by atoms with Crippen molar-refractivity contribution < 1.29 is 35.9 Å². The lowest BCUT2D eigenvalue weighted by Crippen LogP contribution is -2.42. The first-order valence-electron chi connectivity index (χ1n) is 5.69. The molecule has 0 bridgehead atoms. The summed E-state index contributed by atoms with van der Waals surface area (Å²) >= 11 is 0. The van der Waals surface area contributed by atoms with Gasteiger partial charge in [-0.2, -0.15) is 22.0 Å². The Morgan fingerprint density at radius 3 is 2.33 bits per heavy atom. The van der Waals surface area contributed by atoms with Gasteiger partial charge < -0.3 is 10.5 Å². The molecular formula is C12H11F6NO2. The molecule has 0 fully saturated rings. The van der Waals surface area contributed by atoms with E-state index in [0.717, 1.165) is 0 Å². The molecule has 0 spiro atoms. The molecule has 0 unspecified atom stereocenters. The Balaban J connectivity index is 3.23. The zero-order chi connectivity index (χ0) is 16.4. The van der Waals surface area contributed by atoms with Crippen molar-refractivity contribution in [3.63, 3.8) is 0 Å². The second-order valence-electron chi connectivity index (χ2n) is 4.06. The van der Waals surface area contributed by atoms with Crippen molar-refractivity contribution in [3.8, 4) is 0 Å². The molecule has 0 saturated heterocycles. The van der Waals surface area contributed by atoms with Crippen LogP contribution in [-0.4, -0.2) is 18.5 Å². The SMILES string of the molecule is CCOC(=O)C(F)(F)[C@@H](N)c1cc(C(F)(F)F)ccc1F. The average molecular weight is 315 g/mol. The monoisotopic (exact) mass is 315 g/mol. The molecule has 21 heavy (non-hydrogen) atoms. The number of alkyl halides is 5. The Hall–Kier alpha value is -1.77. The highest BCUT2D eigenvalue weighted by Crippen LogP contribution is 2.36. The summed E-state index contributed by atoms with van der Waals surface area (Å²) < 4.78 is 82.3. The first kappa shape index (κ1) is 17.3. The van der Waals surface area contributed by atoms with Gasteiger partial charge in [0.1, 0.15) is 11.9 Å². The number of halogens is 6. The van der Waals surface area contributed by atoms with Crippen LogP contribution < -0.4 is 5.73 Å². The average Bonchev–Trinajstić information content (AvgIpc) is 2.37. The smallest absolute Gasteiger partial charge is 0.416 e. The van der Waals surface area contributed by atoms with Crippen molar-refractivity contribution in [1.29, 1.82) is 0 Å². The van der Waals surface area contributed by atoms with Crippen molar-refractivity contribution in [2.75, 3.05) is 6.61 Å². The molecule has 9 heteroatoms. The summed E-state index contributed by atoms with van der Waals surface area (Å²) in [5, 5.41) is 0. The fourth-order valence-electron chi connectivity index (χ4n) is 1.51. The van der Waals surface area contributed by atoms with Gasteiger partial charge in [0.15, 0.2) is 0 Å². The zero-order valence-corrected chi connectivity index (χ0v) is 10.7. The molecule has 0 aliphatic rings. The molecule has 0 heterocycles. The van der Waals surface area contributed by atoms with Crippen molar-refractivity contribution in [2.24, 2.45) is 5.73 Å². The number of rotatable bonds is 4. The molecule has 2 N–H and O–H groups in total. The van der Waals surface area contributed by atoms with Gasteiger partial charge in [0.25, 0.3) is 0 Å². The fraction of sp³-hybridized carbons (Fsp3) is 0.417. The van der Waals surface area contributed by atoms with Crippen LogP contribution in [0.2, 0.25) is 0 Å². The molecule has 1 aromatic rings. The van der Waals surface area contributed by atoms with Crippen molar-refractivity contribution in [1.82, 2.24) is 0 Å². The summed E-state index contributed by atoms with van der Waals surface area (Å²) in [5.41, 5.74) is 2.58. The molecule has 0 aromatic heterocycles. The molecule has 0 radical (unpaired) electrons. The van der Waals surface area contributed by atoms with Crippen molar-refractivity contribution >= 4 is 5.97 Å². The highest BCUT2D eigenvalue weighted by atomic mass is 19.4. The number of ether oxygens (including phenoxy) is 1. The van der Waals surface area contributed by atoms with Crippen LogP contribution in [-0.2, 0) is 15.7 Å². The molecule has 0 amide bonds. The molecular weight excluding hydrogens is 304 g/mol. The lowest BCUT2D eigenvalue weighted by molar-refractivity contribution is -0.174. The summed E-state index contributed by atoms with van der Waals surface area (Å²) in [4.78, 5) is 11.1. The van der Waals surface area contributed by atoms with Crippen molar-refractivity contribution in [3.05, 3.63) is 35.1 Å². The Morgan fingerprint density at radius 1 is 1.29 bits per heavy atom. The number of carbonyl (C=O) groups is 1. The third kappa shape index (κ3) is 3.66. The number of hydrogen-bond acceptors (Lipinski definition) is 3. The Labute approximate surface area is 115 Å². The summed E-state index contributed by atoms with van der Waals surface area (Å²) in [6.45, 7) is 0.872. The number of nitrogens with two attached hydrogens (primary N) is 1. The molecule has 3 nitrogen and oxygen atoms in total. The summed E-state index contributed by atoms with van der Waals surface area (Å²) in [5.74, 6) is -7.77. The summed E-state index contributed by atoms with van der Waals surface area (Å²) in [6, 6.07) is -1.71. The standard InChI is InChI=1S/C12H11F6NO2/c1-2-21-10(20)11(14,15)9(19)7-5-6(12(16,17)18)3-4-8(7)13/h3-5,9H,2,19H2,1H3/t9-/m0/s1. The number of esters is 1. The topological polar surface area (TPSA) is 52.3 Å². The normalized spacial score (nSPS) is 13.9. The third-order valence-electron chi connectivity index (χ3n) is 2.60. The van der Waals surface area contributed by atoms with Gasteiger partial charge in [-0.15, -0.1) is 0 Å². The van der Waals surface area contributed by atoms with Gasteiger partial charge in [-0.05, 0) is 25.1 Å². The van der Waals surface area contributed by atoms with E-state index >= 15 is 0 Å². The molecule has 0 aliphatic carbocycles. The van der Waals surface area contributed by atoms with E-state index in [-0.39, 0.29) is 12.7 Å². The van der Waals surface area contributed by atoms with Gasteiger partial charge >= 0.3 is 18.1 Å². The van der Waals surface area contributed by atoms with E-state index in [1.54, 1.807) is 0 Å². The second kappa shape index (κ2) is 5.92. The van der Waals surface area contributed by atoms with Crippen LogP contribution in [0, 0.1) is 5.82 Å². The van der Waals surface area contributed by atoms with E-state index in [9.17, 15) is 31.1 Å². The van der Waals surface area contributed by atoms with Gasteiger partial charge in [-0.1, -0.05) is 0 Å². The zero-order valence-electron chi connectivity index (χ0n) is 10.7. The maximum Gasteiger partial charge on any atom is 0.416 e. The Morgan fingerprint density at radius 2 is 1.86 bits per heavy atom. The van der Waals surface area contributed by atoms with Crippen LogP contribution in [0.5, 0.6) is 0 Å². The molecule has 1 rings (SSSR count). The maximum atomic E-state index is 13.6. The maximum absolute atomic E-state index is 13.6. The lowest BCUT2D eigenvalue weighted by atomic mass is 9.98. The molecule has 0 saturated carbocycles. The first-order chi connectivity index (χ1) is 9.51. The van der Waals surface area contributed by atoms with Gasteiger partial charge in [0, 0.05) is 5.56 Å². The van der Waals surface area contributed by atoms with Gasteiger partial charge in [0.2, 0.25) is 0 Å². The number of benzene rings is 1. The van der Waals surface area contributed by atoms with Crippen LogP contribution in [0.4, 0.5) is 26.3 Å². The molecule has 0 aliphatic heterocycles. The van der Waals surface area contributed by atoms with Crippen LogP contribution in [0.25, 0.3) is 0 Å². The van der Waals surface area contributed by atoms with E-state index < -0.39 is 41.1 Å². The molecule has 1 atom stereocenters. The fourth-order valence-corrected chi connectivity index (χ4v) is 1.51. The minimum Gasteiger partial charge on any atom is -0.462 e. The minimum atomic E-state index is -4.86. The highest BCUT2D eigenvalue weighted by molar-refractivity contribution is 5.78. The van der Waals surface area contributed by atoms with E-state index in [2.05, 4.69) is 4.74 Å². The summed E-state index contributed by atoms with van der Waals surface area (Å²) in [7, 11) is 0. The largest absolute Gasteiger partial charge is 0.462 e. The summed E-state index contributed by atoms with van der Waals surface area (Å²) in [6.07, 6.45) is -4.86. The van der Waals surface area contributed by atoms with Gasteiger partial charge in [0.05, 0.1) is 12.2 Å². The minimum absolute atomic E-state index is 0.146. The Bertz CT molecular complexity index is 529. The predicted molar refractivity (Wildman–Crippen MR) is 59.9 cm³/mol.